The maximum absolute atomic E-state index is 12.0. The molecular formula is C12H12BrN3O2. The fraction of sp³-hybridized carbons (Fsp3) is 0.250. The molecule has 1 N–H and O–H groups in total. The molecule has 1 amide bonds. The highest BCUT2D eigenvalue weighted by molar-refractivity contribution is 9.10. The maximum Gasteiger partial charge on any atom is 0.293 e. The molecule has 18 heavy (non-hydrogen) atoms. The van der Waals surface area contributed by atoms with Gasteiger partial charge in [0.1, 0.15) is 4.60 Å². The highest BCUT2D eigenvalue weighted by Gasteiger charge is 2.16. The number of pyridine rings is 1. The van der Waals surface area contributed by atoms with Crippen LogP contribution in [0.2, 0.25) is 0 Å². The van der Waals surface area contributed by atoms with E-state index in [0.29, 0.717) is 17.3 Å². The van der Waals surface area contributed by atoms with E-state index in [-0.39, 0.29) is 11.7 Å². The van der Waals surface area contributed by atoms with Crippen molar-refractivity contribution in [3.8, 4) is 0 Å². The fourth-order valence-corrected chi connectivity index (χ4v) is 1.77. The van der Waals surface area contributed by atoms with E-state index in [4.69, 9.17) is 4.42 Å². The van der Waals surface area contributed by atoms with Crippen LogP contribution in [0.25, 0.3) is 0 Å². The Morgan fingerprint density at radius 1 is 1.39 bits per heavy atom. The Morgan fingerprint density at radius 2 is 2.11 bits per heavy atom. The van der Waals surface area contributed by atoms with Gasteiger partial charge in [0, 0.05) is 6.92 Å². The second-order valence-corrected chi connectivity index (χ2v) is 4.68. The fourth-order valence-electron chi connectivity index (χ4n) is 1.56. The quantitative estimate of drug-likeness (QED) is 0.866. The van der Waals surface area contributed by atoms with Crippen molar-refractivity contribution in [1.29, 1.82) is 0 Å². The molecule has 2 aromatic rings. The van der Waals surface area contributed by atoms with E-state index in [1.165, 1.54) is 0 Å². The van der Waals surface area contributed by atoms with Crippen LogP contribution in [-0.2, 0) is 0 Å². The molecule has 0 aliphatic rings. The molecule has 0 saturated carbocycles. The molecule has 0 spiro atoms. The van der Waals surface area contributed by atoms with Crippen LogP contribution in [-0.4, -0.2) is 15.9 Å². The van der Waals surface area contributed by atoms with Gasteiger partial charge in [-0.15, -0.1) is 0 Å². The van der Waals surface area contributed by atoms with Gasteiger partial charge < -0.3 is 9.73 Å². The number of halogens is 1. The van der Waals surface area contributed by atoms with Crippen LogP contribution in [0, 0.1) is 20.8 Å². The summed E-state index contributed by atoms with van der Waals surface area (Å²) in [5, 5.41) is 2.72. The second-order valence-electron chi connectivity index (χ2n) is 3.93. The zero-order valence-corrected chi connectivity index (χ0v) is 11.8. The van der Waals surface area contributed by atoms with E-state index >= 15 is 0 Å². The Hall–Kier alpha value is -1.69. The predicted octanol–water partition coefficient (Wildman–Crippen LogP) is 3.01. The number of hydrogen-bond acceptors (Lipinski definition) is 4. The van der Waals surface area contributed by atoms with E-state index in [9.17, 15) is 4.79 Å². The molecule has 0 fully saturated rings. The molecular weight excluding hydrogens is 298 g/mol. The summed E-state index contributed by atoms with van der Waals surface area (Å²) in [4.78, 5) is 20.1. The van der Waals surface area contributed by atoms with Crippen molar-refractivity contribution >= 4 is 27.5 Å². The van der Waals surface area contributed by atoms with Gasteiger partial charge in [-0.05, 0) is 41.4 Å². The SMILES string of the molecule is Cc1nc(C)c(C(=O)Nc2cnc(Br)c(C)c2)o1. The molecule has 0 saturated heterocycles. The van der Waals surface area contributed by atoms with Crippen LogP contribution in [0.5, 0.6) is 0 Å². The average Bonchev–Trinajstić information content (AvgIpc) is 2.63. The number of nitrogens with one attached hydrogen (secondary N) is 1. The summed E-state index contributed by atoms with van der Waals surface area (Å²) in [6.45, 7) is 5.34. The largest absolute Gasteiger partial charge is 0.436 e. The van der Waals surface area contributed by atoms with Crippen LogP contribution >= 0.6 is 15.9 Å². The summed E-state index contributed by atoms with van der Waals surface area (Å²) < 4.78 is 6.01. The van der Waals surface area contributed by atoms with Gasteiger partial charge in [0.05, 0.1) is 17.6 Å². The zero-order valence-electron chi connectivity index (χ0n) is 10.2. The lowest BCUT2D eigenvalue weighted by Gasteiger charge is -2.05. The monoisotopic (exact) mass is 309 g/mol. The minimum absolute atomic E-state index is 0.230. The molecule has 0 radical (unpaired) electrons. The first kappa shape index (κ1) is 12.8. The Morgan fingerprint density at radius 3 is 2.67 bits per heavy atom. The smallest absolute Gasteiger partial charge is 0.293 e. The van der Waals surface area contributed by atoms with Gasteiger partial charge >= 0.3 is 0 Å². The van der Waals surface area contributed by atoms with Crippen molar-refractivity contribution < 1.29 is 9.21 Å². The lowest BCUT2D eigenvalue weighted by Crippen LogP contribution is -2.12. The summed E-state index contributed by atoms with van der Waals surface area (Å²) >= 11 is 3.30. The van der Waals surface area contributed by atoms with Crippen molar-refractivity contribution in [3.63, 3.8) is 0 Å². The van der Waals surface area contributed by atoms with E-state index in [0.717, 1.165) is 10.2 Å². The number of aromatic nitrogens is 2. The van der Waals surface area contributed by atoms with Crippen LogP contribution < -0.4 is 5.32 Å². The van der Waals surface area contributed by atoms with E-state index in [1.807, 2.05) is 13.0 Å². The Labute approximate surface area is 113 Å². The molecule has 0 aromatic carbocycles. The van der Waals surface area contributed by atoms with Crippen molar-refractivity contribution in [1.82, 2.24) is 9.97 Å². The second kappa shape index (κ2) is 4.89. The van der Waals surface area contributed by atoms with Gasteiger partial charge in [-0.1, -0.05) is 0 Å². The molecule has 2 aromatic heterocycles. The maximum atomic E-state index is 12.0. The van der Waals surface area contributed by atoms with Gasteiger partial charge in [-0.3, -0.25) is 4.79 Å². The van der Waals surface area contributed by atoms with Gasteiger partial charge in [-0.25, -0.2) is 9.97 Å². The van der Waals surface area contributed by atoms with Crippen LogP contribution in [0.15, 0.2) is 21.3 Å². The molecule has 0 unspecified atom stereocenters. The van der Waals surface area contributed by atoms with Gasteiger partial charge in [0.15, 0.2) is 5.89 Å². The average molecular weight is 310 g/mol. The summed E-state index contributed by atoms with van der Waals surface area (Å²) in [6.07, 6.45) is 1.58. The number of carbonyl (C=O) groups is 1. The molecule has 94 valence electrons. The molecule has 6 heteroatoms. The number of hydrogen-bond donors (Lipinski definition) is 1. The van der Waals surface area contributed by atoms with Gasteiger partial charge in [0.2, 0.25) is 5.76 Å². The minimum atomic E-state index is -0.323. The summed E-state index contributed by atoms with van der Waals surface area (Å²) in [7, 11) is 0. The summed E-state index contributed by atoms with van der Waals surface area (Å²) in [5.41, 5.74) is 2.14. The molecule has 0 aliphatic heterocycles. The summed E-state index contributed by atoms with van der Waals surface area (Å²) in [5.74, 6) is 0.382. The van der Waals surface area contributed by atoms with E-state index < -0.39 is 0 Å². The van der Waals surface area contributed by atoms with Crippen molar-refractivity contribution in [2.45, 2.75) is 20.8 Å². The molecule has 0 atom stereocenters. The topological polar surface area (TPSA) is 68.0 Å². The van der Waals surface area contributed by atoms with Crippen molar-refractivity contribution in [3.05, 3.63) is 39.8 Å². The van der Waals surface area contributed by atoms with Gasteiger partial charge in [0.25, 0.3) is 5.91 Å². The highest BCUT2D eigenvalue weighted by Crippen LogP contribution is 2.18. The van der Waals surface area contributed by atoms with Crippen molar-refractivity contribution in [2.75, 3.05) is 5.32 Å². The molecule has 5 nitrogen and oxygen atoms in total. The molecule has 0 bridgehead atoms. The minimum Gasteiger partial charge on any atom is -0.436 e. The first-order chi connectivity index (χ1) is 8.47. The first-order valence-electron chi connectivity index (χ1n) is 5.35. The number of oxazole rings is 1. The standard InChI is InChI=1S/C12H12BrN3O2/c1-6-4-9(5-14-11(6)13)16-12(17)10-7(2)15-8(3)18-10/h4-5H,1-3H3,(H,16,17). The number of aryl methyl sites for hydroxylation is 3. The first-order valence-corrected chi connectivity index (χ1v) is 6.14. The van der Waals surface area contributed by atoms with Crippen LogP contribution in [0.1, 0.15) is 27.7 Å². The van der Waals surface area contributed by atoms with E-state index in [1.54, 1.807) is 20.0 Å². The molecule has 2 rings (SSSR count). The lowest BCUT2D eigenvalue weighted by atomic mass is 10.3. The Bertz CT molecular complexity index is 607. The predicted molar refractivity (Wildman–Crippen MR) is 70.6 cm³/mol. The number of carbonyl (C=O) groups excluding carboxylic acids is 1. The van der Waals surface area contributed by atoms with Gasteiger partial charge in [-0.2, -0.15) is 0 Å². The van der Waals surface area contributed by atoms with Crippen LogP contribution in [0.3, 0.4) is 0 Å². The number of rotatable bonds is 2. The summed E-state index contributed by atoms with van der Waals surface area (Å²) in [6, 6.07) is 1.83. The third-order valence-corrected chi connectivity index (χ3v) is 3.21. The van der Waals surface area contributed by atoms with Crippen LogP contribution in [0.4, 0.5) is 5.69 Å². The third kappa shape index (κ3) is 2.59. The normalized spacial score (nSPS) is 10.4. The number of nitrogens with zero attached hydrogens (tertiary/aromatic N) is 2. The molecule has 2 heterocycles. The Kier molecular flexibility index (Phi) is 3.47. The number of amides is 1. The van der Waals surface area contributed by atoms with Crippen molar-refractivity contribution in [2.24, 2.45) is 0 Å². The van der Waals surface area contributed by atoms with E-state index in [2.05, 4.69) is 31.2 Å². The highest BCUT2D eigenvalue weighted by atomic mass is 79.9. The number of anilines is 1. The zero-order chi connectivity index (χ0) is 13.3. The Balaban J connectivity index is 2.21. The lowest BCUT2D eigenvalue weighted by molar-refractivity contribution is 0.0994. The third-order valence-electron chi connectivity index (χ3n) is 2.38. The molecule has 0 aliphatic carbocycles.